The molecule has 0 heterocycles. The summed E-state index contributed by atoms with van der Waals surface area (Å²) >= 11 is 0. The number of methoxy groups -OCH3 is 3. The van der Waals surface area contributed by atoms with E-state index in [-0.39, 0.29) is 64.3 Å². The van der Waals surface area contributed by atoms with E-state index in [0.717, 1.165) is 103 Å². The van der Waals surface area contributed by atoms with Gasteiger partial charge in [0, 0.05) is 70.5 Å². The molecule has 12 nitrogen and oxygen atoms in total. The lowest BCUT2D eigenvalue weighted by atomic mass is 9.44. The monoisotopic (exact) mass is 1210 g/mol. The van der Waals surface area contributed by atoms with Crippen LogP contribution in [0.15, 0.2) is 0 Å². The molecule has 12 fully saturated rings. The van der Waals surface area contributed by atoms with E-state index in [2.05, 4.69) is 62.3 Å². The number of aliphatic hydroxyl groups is 1. The first-order valence-corrected chi connectivity index (χ1v) is 35.9. The van der Waals surface area contributed by atoms with Crippen molar-refractivity contribution < 1.29 is 58.3 Å². The van der Waals surface area contributed by atoms with Gasteiger partial charge in [-0.05, 0) is 275 Å². The molecule has 12 heteroatoms. The molecule has 12 aliphatic rings. The maximum Gasteiger partial charge on any atom is 0.305 e. The van der Waals surface area contributed by atoms with E-state index in [9.17, 15) is 33.9 Å². The van der Waals surface area contributed by atoms with Crippen molar-refractivity contribution in [2.24, 2.45) is 139 Å². The zero-order valence-corrected chi connectivity index (χ0v) is 56.4. The third-order valence-electron chi connectivity index (χ3n) is 30.9. The van der Waals surface area contributed by atoms with E-state index in [1.54, 1.807) is 0 Å². The number of ether oxygens (including phenoxy) is 3. The standard InChI is InChI=1S/C26H42O4.C25H40O4.C24H38O4/c1-16(6-9-23(28)30-5)19-7-8-20-24-21(11-13-26(19,20)3)25(2)12-10-18(29-4)14-17(25)15-22(24)27;1-15(5-8-22(27)28)18-6-7-19-23-20(10-12-25(18,19)3)24(2)11-9-17(29-4)13-16(24)14-21(23)26;1-14(4-7-21(27)28)17-5-6-18-22-19(9-11-24(17,18)3)23(2)10-8-16(25)12-15(23)13-20(22)26/h16-21,24H,6-15H2,1-5H3;15-20,23H,5-14H2,1-4H3,(H,27,28);14-19,22,25H,4-13H2,1-3H3,(H,27,28)/t16-,17+,18-,19-,20+,21+,24+,25+,26-;15-,16+,17-,18-,19+,20+,23+,24+,25-;14-,15+,16-,17-,18+,19+,22+,23+,24-/m111/s1. The summed E-state index contributed by atoms with van der Waals surface area (Å²) < 4.78 is 16.2. The van der Waals surface area contributed by atoms with Gasteiger partial charge < -0.3 is 29.5 Å². The van der Waals surface area contributed by atoms with Crippen molar-refractivity contribution in [1.29, 1.82) is 0 Å². The molecule has 0 aromatic carbocycles. The molecule has 0 spiro atoms. The van der Waals surface area contributed by atoms with Crippen LogP contribution >= 0.6 is 0 Å². The summed E-state index contributed by atoms with van der Waals surface area (Å²) in [5.74, 6) is 8.31. The first kappa shape index (κ1) is 67.2. The number of fused-ring (bicyclic) bond motifs is 15. The second kappa shape index (κ2) is 26.0. The van der Waals surface area contributed by atoms with Crippen molar-refractivity contribution in [3.8, 4) is 0 Å². The number of carbonyl (C=O) groups is 6. The number of carboxylic acid groups (broad SMARTS) is 2. The Bertz CT molecular complexity index is 2510. The summed E-state index contributed by atoms with van der Waals surface area (Å²) in [6.07, 6.45) is 29.9. The van der Waals surface area contributed by atoms with Crippen molar-refractivity contribution in [2.45, 2.75) is 273 Å². The Balaban J connectivity index is 0.000000145. The first-order chi connectivity index (χ1) is 41.1. The second-order valence-electron chi connectivity index (χ2n) is 34.1. The van der Waals surface area contributed by atoms with E-state index in [0.29, 0.717) is 142 Å². The number of rotatable bonds is 14. The topological polar surface area (TPSA) is 191 Å². The van der Waals surface area contributed by atoms with Gasteiger partial charge in [-0.3, -0.25) is 28.8 Å². The minimum Gasteiger partial charge on any atom is -0.481 e. The zero-order valence-electron chi connectivity index (χ0n) is 56.4. The summed E-state index contributed by atoms with van der Waals surface area (Å²) in [6, 6.07) is 0. The van der Waals surface area contributed by atoms with Gasteiger partial charge in [0.15, 0.2) is 0 Å². The predicted molar refractivity (Wildman–Crippen MR) is 337 cm³/mol. The number of Topliss-reactive ketones (excluding diaryl/α,β-unsaturated/α-hetero) is 3. The average Bonchev–Trinajstić information content (AvgIpc) is 1.73. The van der Waals surface area contributed by atoms with E-state index < -0.39 is 11.9 Å². The summed E-state index contributed by atoms with van der Waals surface area (Å²) in [5, 5.41) is 28.4. The van der Waals surface area contributed by atoms with Gasteiger partial charge >= 0.3 is 17.9 Å². The quantitative estimate of drug-likeness (QED) is 0.140. The van der Waals surface area contributed by atoms with E-state index in [4.69, 9.17) is 24.4 Å². The lowest BCUT2D eigenvalue weighted by Gasteiger charge is -2.60. The maximum absolute atomic E-state index is 13.5. The molecule has 0 amide bonds. The molecule has 0 bridgehead atoms. The van der Waals surface area contributed by atoms with Crippen LogP contribution in [-0.2, 0) is 43.0 Å². The lowest BCUT2D eigenvalue weighted by molar-refractivity contribution is -0.162. The third kappa shape index (κ3) is 12.1. The number of carbonyl (C=O) groups excluding carboxylic acids is 4. The Labute approximate surface area is 524 Å². The van der Waals surface area contributed by atoms with Gasteiger partial charge in [0.05, 0.1) is 25.4 Å². The van der Waals surface area contributed by atoms with E-state index in [1.807, 2.05) is 14.2 Å². The van der Waals surface area contributed by atoms with Crippen LogP contribution in [-0.4, -0.2) is 90.2 Å². The highest BCUT2D eigenvalue weighted by Crippen LogP contribution is 2.71. The largest absolute Gasteiger partial charge is 0.481 e. The first-order valence-electron chi connectivity index (χ1n) is 35.9. The fourth-order valence-corrected chi connectivity index (χ4v) is 25.8. The molecule has 12 saturated carbocycles. The van der Waals surface area contributed by atoms with E-state index >= 15 is 0 Å². The van der Waals surface area contributed by atoms with Gasteiger partial charge in [0.25, 0.3) is 0 Å². The van der Waals surface area contributed by atoms with Crippen LogP contribution in [0, 0.1) is 139 Å². The minimum absolute atomic E-state index is 0.0988. The molecule has 0 aliphatic heterocycles. The Morgan fingerprint density at radius 2 is 0.724 bits per heavy atom. The molecular formula is C75H120O12. The lowest BCUT2D eigenvalue weighted by Crippen LogP contribution is -2.57. The van der Waals surface area contributed by atoms with Crippen LogP contribution < -0.4 is 0 Å². The van der Waals surface area contributed by atoms with Crippen molar-refractivity contribution in [3.05, 3.63) is 0 Å². The van der Waals surface area contributed by atoms with Crippen molar-refractivity contribution >= 4 is 35.3 Å². The molecule has 0 radical (unpaired) electrons. The molecule has 12 rings (SSSR count). The van der Waals surface area contributed by atoms with Crippen LogP contribution in [0.25, 0.3) is 0 Å². The van der Waals surface area contributed by atoms with Gasteiger partial charge in [0.2, 0.25) is 0 Å². The highest BCUT2D eigenvalue weighted by molar-refractivity contribution is 5.85. The molecule has 0 unspecified atom stereocenters. The van der Waals surface area contributed by atoms with Crippen LogP contribution in [0.4, 0.5) is 0 Å². The van der Waals surface area contributed by atoms with Crippen molar-refractivity contribution in [2.75, 3.05) is 21.3 Å². The molecule has 27 atom stereocenters. The molecule has 0 aromatic rings. The average molecular weight is 1210 g/mol. The van der Waals surface area contributed by atoms with Crippen LogP contribution in [0.5, 0.6) is 0 Å². The molecule has 0 saturated heterocycles. The summed E-state index contributed by atoms with van der Waals surface area (Å²) in [6.45, 7) is 21.5. The second-order valence-corrected chi connectivity index (χ2v) is 34.1. The van der Waals surface area contributed by atoms with Crippen LogP contribution in [0.1, 0.15) is 255 Å². The minimum atomic E-state index is -0.698. The number of hydrogen-bond donors (Lipinski definition) is 3. The number of aliphatic carboxylic acids is 2. The zero-order chi connectivity index (χ0) is 62.9. The normalized spacial score (nSPS) is 47.8. The Hall–Kier alpha value is -2.70. The van der Waals surface area contributed by atoms with Gasteiger partial charge in [0.1, 0.15) is 17.3 Å². The summed E-state index contributed by atoms with van der Waals surface area (Å²) in [5.41, 5.74) is 1.46. The van der Waals surface area contributed by atoms with Crippen LogP contribution in [0.2, 0.25) is 0 Å². The van der Waals surface area contributed by atoms with Crippen molar-refractivity contribution in [1.82, 2.24) is 0 Å². The fraction of sp³-hybridized carbons (Fsp3) is 0.920. The Morgan fingerprint density at radius 3 is 1.05 bits per heavy atom. The number of hydrogen-bond acceptors (Lipinski definition) is 10. The predicted octanol–water partition coefficient (Wildman–Crippen LogP) is 15.5. The highest BCUT2D eigenvalue weighted by atomic mass is 16.5. The van der Waals surface area contributed by atoms with E-state index in [1.165, 1.54) is 71.3 Å². The smallest absolute Gasteiger partial charge is 0.305 e. The van der Waals surface area contributed by atoms with Gasteiger partial charge in [-0.1, -0.05) is 62.3 Å². The SMILES string of the molecule is COC(=O)CC[C@@H](C)[C@H]1CC[C@H]2[C@@H]3C(=O)C[C@@H]4C[C@H](OC)CC[C@]4(C)[C@H]3CC[C@]12C.CO[C@@H]1CC[C@@]2(C)[C@H](CC(=O)[C@@H]3[C@@H]2CC[C@]2(C)[C@@H]([C@H](C)CCC(=O)O)CC[C@@H]32)C1.C[C@H](CCC(=O)O)[C@H]1CC[C@H]2[C@@H]3C(=O)C[C@@H]4C[C@H](O)CC[C@]4(C)[C@H]3CC[C@]12C. The molecular weight excluding hydrogens is 1090 g/mol. The summed E-state index contributed by atoms with van der Waals surface area (Å²) in [7, 11) is 5.12. The molecule has 0 aromatic heterocycles. The van der Waals surface area contributed by atoms with Gasteiger partial charge in [-0.2, -0.15) is 0 Å². The molecule has 12 aliphatic carbocycles. The van der Waals surface area contributed by atoms with Crippen molar-refractivity contribution in [3.63, 3.8) is 0 Å². The Kier molecular flexibility index (Phi) is 20.1. The Morgan fingerprint density at radius 1 is 0.425 bits per heavy atom. The number of ketones is 3. The van der Waals surface area contributed by atoms with Crippen LogP contribution in [0.3, 0.4) is 0 Å². The number of carboxylic acids is 2. The molecule has 492 valence electrons. The maximum atomic E-state index is 13.5. The summed E-state index contributed by atoms with van der Waals surface area (Å²) in [4.78, 5) is 74.1. The molecule has 87 heavy (non-hydrogen) atoms. The number of aliphatic hydroxyl groups excluding tert-OH is 1. The van der Waals surface area contributed by atoms with Gasteiger partial charge in [-0.25, -0.2) is 0 Å². The fourth-order valence-electron chi connectivity index (χ4n) is 25.8. The third-order valence-corrected chi connectivity index (χ3v) is 30.9. The number of esters is 1. The molecule has 3 N–H and O–H groups in total. The van der Waals surface area contributed by atoms with Gasteiger partial charge in [-0.15, -0.1) is 0 Å². The highest BCUT2D eigenvalue weighted by Gasteiger charge is 2.67.